The lowest BCUT2D eigenvalue weighted by molar-refractivity contribution is -0.120. The number of phenolic OH excluding ortho intramolecular Hbond substituents is 1. The third-order valence-corrected chi connectivity index (χ3v) is 2.08. The summed E-state index contributed by atoms with van der Waals surface area (Å²) in [5.74, 6) is 0.151. The van der Waals surface area contributed by atoms with Gasteiger partial charge in [0.05, 0.1) is 6.42 Å². The van der Waals surface area contributed by atoms with Crippen LogP contribution in [0.3, 0.4) is 0 Å². The van der Waals surface area contributed by atoms with Crippen molar-refractivity contribution in [3.63, 3.8) is 0 Å². The lowest BCUT2D eigenvalue weighted by Gasteiger charge is -2.03. The molecular formula is C13H17NO2. The van der Waals surface area contributed by atoms with Crippen LogP contribution in [0.1, 0.15) is 19.4 Å². The maximum Gasteiger partial charge on any atom is 0.224 e. The van der Waals surface area contributed by atoms with E-state index in [0.717, 1.165) is 5.56 Å². The van der Waals surface area contributed by atoms with Gasteiger partial charge in [-0.1, -0.05) is 23.8 Å². The lowest BCUT2D eigenvalue weighted by atomic mass is 10.1. The molecule has 1 amide bonds. The molecule has 3 nitrogen and oxygen atoms in total. The van der Waals surface area contributed by atoms with E-state index in [1.807, 2.05) is 26.0 Å². The van der Waals surface area contributed by atoms with Gasteiger partial charge in [-0.3, -0.25) is 4.79 Å². The molecule has 0 aliphatic heterocycles. The summed E-state index contributed by atoms with van der Waals surface area (Å²) in [4.78, 5) is 11.5. The standard InChI is InChI=1S/C13H17NO2/c1-10(2)6-7-14-13(16)9-11-4-3-5-12(15)8-11/h3-6,8,15H,7,9H2,1-2H3,(H,14,16). The van der Waals surface area contributed by atoms with Gasteiger partial charge in [-0.2, -0.15) is 0 Å². The van der Waals surface area contributed by atoms with Crippen molar-refractivity contribution in [2.75, 3.05) is 6.54 Å². The quantitative estimate of drug-likeness (QED) is 0.761. The molecule has 0 saturated carbocycles. The molecule has 0 atom stereocenters. The van der Waals surface area contributed by atoms with Gasteiger partial charge in [-0.25, -0.2) is 0 Å². The zero-order valence-electron chi connectivity index (χ0n) is 9.66. The molecule has 0 fully saturated rings. The molecule has 1 aromatic carbocycles. The maximum absolute atomic E-state index is 11.5. The van der Waals surface area contributed by atoms with Crippen molar-refractivity contribution < 1.29 is 9.90 Å². The van der Waals surface area contributed by atoms with Crippen LogP contribution < -0.4 is 5.32 Å². The second-order valence-corrected chi connectivity index (χ2v) is 3.93. The molecule has 0 aliphatic rings. The average Bonchev–Trinajstić information content (AvgIpc) is 2.16. The molecule has 0 bridgehead atoms. The minimum Gasteiger partial charge on any atom is -0.508 e. The number of aromatic hydroxyl groups is 1. The predicted octanol–water partition coefficient (Wildman–Crippen LogP) is 2.02. The Morgan fingerprint density at radius 2 is 2.19 bits per heavy atom. The normalized spacial score (nSPS) is 9.62. The maximum atomic E-state index is 11.5. The number of nitrogens with one attached hydrogen (secondary N) is 1. The fourth-order valence-electron chi connectivity index (χ4n) is 1.28. The lowest BCUT2D eigenvalue weighted by Crippen LogP contribution is -2.25. The van der Waals surface area contributed by atoms with Crippen molar-refractivity contribution >= 4 is 5.91 Å². The number of hydrogen-bond acceptors (Lipinski definition) is 2. The number of rotatable bonds is 4. The van der Waals surface area contributed by atoms with Crippen molar-refractivity contribution in [1.29, 1.82) is 0 Å². The Hall–Kier alpha value is -1.77. The number of benzene rings is 1. The minimum absolute atomic E-state index is 0.0388. The highest BCUT2D eigenvalue weighted by molar-refractivity contribution is 5.78. The van der Waals surface area contributed by atoms with Gasteiger partial charge in [-0.05, 0) is 31.5 Å². The van der Waals surface area contributed by atoms with Crippen LogP contribution in [0.2, 0.25) is 0 Å². The first-order valence-electron chi connectivity index (χ1n) is 5.26. The summed E-state index contributed by atoms with van der Waals surface area (Å²) in [6.45, 7) is 4.53. The Bertz CT molecular complexity index is 393. The molecule has 2 N–H and O–H groups in total. The van der Waals surface area contributed by atoms with E-state index in [4.69, 9.17) is 0 Å². The van der Waals surface area contributed by atoms with Crippen molar-refractivity contribution in [2.45, 2.75) is 20.3 Å². The fraction of sp³-hybridized carbons (Fsp3) is 0.308. The molecule has 0 spiro atoms. The Morgan fingerprint density at radius 3 is 2.81 bits per heavy atom. The van der Waals surface area contributed by atoms with E-state index in [9.17, 15) is 9.90 Å². The van der Waals surface area contributed by atoms with Gasteiger partial charge in [0.15, 0.2) is 0 Å². The van der Waals surface area contributed by atoms with Crippen LogP contribution in [0.15, 0.2) is 35.9 Å². The molecule has 3 heteroatoms. The van der Waals surface area contributed by atoms with E-state index in [1.165, 1.54) is 5.57 Å². The van der Waals surface area contributed by atoms with E-state index in [-0.39, 0.29) is 11.7 Å². The first kappa shape index (κ1) is 12.3. The minimum atomic E-state index is -0.0388. The number of amides is 1. The SMILES string of the molecule is CC(C)=CCNC(=O)Cc1cccc(O)c1. The number of carbonyl (C=O) groups is 1. The predicted molar refractivity (Wildman–Crippen MR) is 64.3 cm³/mol. The van der Waals surface area contributed by atoms with Crippen LogP contribution in [0.5, 0.6) is 5.75 Å². The van der Waals surface area contributed by atoms with Crippen molar-refractivity contribution in [1.82, 2.24) is 5.32 Å². The van der Waals surface area contributed by atoms with Crippen LogP contribution in [-0.4, -0.2) is 17.6 Å². The summed E-state index contributed by atoms with van der Waals surface area (Å²) in [5, 5.41) is 12.0. The average molecular weight is 219 g/mol. The molecule has 0 radical (unpaired) electrons. The van der Waals surface area contributed by atoms with Crippen molar-refractivity contribution in [3.8, 4) is 5.75 Å². The molecule has 0 saturated heterocycles. The zero-order chi connectivity index (χ0) is 12.0. The summed E-state index contributed by atoms with van der Waals surface area (Å²) in [6.07, 6.45) is 2.26. The molecule has 0 aromatic heterocycles. The van der Waals surface area contributed by atoms with Gasteiger partial charge in [0, 0.05) is 6.54 Å². The van der Waals surface area contributed by atoms with E-state index in [2.05, 4.69) is 5.32 Å². The number of carbonyl (C=O) groups excluding carboxylic acids is 1. The van der Waals surface area contributed by atoms with Crippen LogP contribution >= 0.6 is 0 Å². The van der Waals surface area contributed by atoms with E-state index < -0.39 is 0 Å². The Kier molecular flexibility index (Phi) is 4.58. The fourth-order valence-corrected chi connectivity index (χ4v) is 1.28. The third kappa shape index (κ3) is 4.64. The van der Waals surface area contributed by atoms with Crippen LogP contribution in [0.4, 0.5) is 0 Å². The molecule has 86 valence electrons. The second kappa shape index (κ2) is 5.95. The third-order valence-electron chi connectivity index (χ3n) is 2.08. The summed E-state index contributed by atoms with van der Waals surface area (Å²) in [5.41, 5.74) is 1.99. The van der Waals surface area contributed by atoms with Crippen LogP contribution in [0.25, 0.3) is 0 Å². The van der Waals surface area contributed by atoms with Crippen LogP contribution in [-0.2, 0) is 11.2 Å². The Balaban J connectivity index is 2.43. The highest BCUT2D eigenvalue weighted by Gasteiger charge is 2.02. The van der Waals surface area contributed by atoms with Crippen molar-refractivity contribution in [3.05, 3.63) is 41.5 Å². The number of phenols is 1. The molecule has 16 heavy (non-hydrogen) atoms. The highest BCUT2D eigenvalue weighted by atomic mass is 16.3. The number of hydrogen-bond donors (Lipinski definition) is 2. The summed E-state index contributed by atoms with van der Waals surface area (Å²) in [7, 11) is 0. The highest BCUT2D eigenvalue weighted by Crippen LogP contribution is 2.10. The Morgan fingerprint density at radius 1 is 1.44 bits per heavy atom. The monoisotopic (exact) mass is 219 g/mol. The second-order valence-electron chi connectivity index (χ2n) is 3.93. The first-order valence-corrected chi connectivity index (χ1v) is 5.26. The van der Waals surface area contributed by atoms with Gasteiger partial charge in [-0.15, -0.1) is 0 Å². The largest absolute Gasteiger partial charge is 0.508 e. The molecule has 1 aromatic rings. The zero-order valence-corrected chi connectivity index (χ0v) is 9.66. The summed E-state index contributed by atoms with van der Waals surface area (Å²) < 4.78 is 0. The van der Waals surface area contributed by atoms with E-state index >= 15 is 0 Å². The smallest absolute Gasteiger partial charge is 0.224 e. The van der Waals surface area contributed by atoms with Crippen molar-refractivity contribution in [2.24, 2.45) is 0 Å². The first-order chi connectivity index (χ1) is 7.58. The molecule has 0 unspecified atom stereocenters. The van der Waals surface area contributed by atoms with Gasteiger partial charge in [0.2, 0.25) is 5.91 Å². The molecular weight excluding hydrogens is 202 g/mol. The topological polar surface area (TPSA) is 49.3 Å². The van der Waals surface area contributed by atoms with Gasteiger partial charge in [0.1, 0.15) is 5.75 Å². The Labute approximate surface area is 95.8 Å². The van der Waals surface area contributed by atoms with Gasteiger partial charge in [0.25, 0.3) is 0 Å². The molecule has 1 rings (SSSR count). The summed E-state index contributed by atoms with van der Waals surface area (Å²) >= 11 is 0. The summed E-state index contributed by atoms with van der Waals surface area (Å²) in [6, 6.07) is 6.74. The van der Waals surface area contributed by atoms with E-state index in [0.29, 0.717) is 13.0 Å². The van der Waals surface area contributed by atoms with Gasteiger partial charge >= 0.3 is 0 Å². The van der Waals surface area contributed by atoms with Gasteiger partial charge < -0.3 is 10.4 Å². The van der Waals surface area contributed by atoms with E-state index in [1.54, 1.807) is 18.2 Å². The molecule has 0 heterocycles. The molecule has 0 aliphatic carbocycles. The number of allylic oxidation sites excluding steroid dienone is 1. The van der Waals surface area contributed by atoms with Crippen LogP contribution in [0, 0.1) is 0 Å².